The molecule has 4 aromatic carbocycles. The predicted octanol–water partition coefficient (Wildman–Crippen LogP) is 5.40. The largest absolute Gasteiger partial charge is 0.507 e. The molecule has 0 spiro atoms. The van der Waals surface area contributed by atoms with E-state index in [9.17, 15) is 19.5 Å². The van der Waals surface area contributed by atoms with Crippen molar-refractivity contribution in [3.8, 4) is 11.5 Å². The average molecular weight is 494 g/mol. The van der Waals surface area contributed by atoms with E-state index in [4.69, 9.17) is 9.47 Å². The maximum atomic E-state index is 13.4. The van der Waals surface area contributed by atoms with Gasteiger partial charge in [0, 0.05) is 24.2 Å². The van der Waals surface area contributed by atoms with E-state index in [0.717, 1.165) is 10.8 Å². The second-order valence-electron chi connectivity index (χ2n) is 8.60. The number of Topliss-reactive ketones (excluding diaryl/α,β-unsaturated/α-hetero) is 1. The zero-order chi connectivity index (χ0) is 26.1. The molecule has 184 valence electrons. The van der Waals surface area contributed by atoms with Crippen molar-refractivity contribution < 1.29 is 29.0 Å². The summed E-state index contributed by atoms with van der Waals surface area (Å²) in [6.07, 6.45) is 0. The van der Waals surface area contributed by atoms with E-state index in [1.807, 2.05) is 30.3 Å². The lowest BCUT2D eigenvalue weighted by Crippen LogP contribution is -2.29. The third kappa shape index (κ3) is 4.43. The molecule has 1 saturated heterocycles. The van der Waals surface area contributed by atoms with Crippen LogP contribution in [0.1, 0.15) is 24.1 Å². The normalized spacial score (nSPS) is 16.7. The van der Waals surface area contributed by atoms with Crippen molar-refractivity contribution in [1.82, 2.24) is 0 Å². The number of carbonyl (C=O) groups excluding carboxylic acids is 3. The fourth-order valence-electron chi connectivity index (χ4n) is 4.55. The van der Waals surface area contributed by atoms with Gasteiger partial charge in [0.1, 0.15) is 17.3 Å². The first-order valence-electron chi connectivity index (χ1n) is 11.6. The molecule has 1 aliphatic heterocycles. The Hall–Kier alpha value is -4.91. The highest BCUT2D eigenvalue weighted by atomic mass is 16.5. The number of carbonyl (C=O) groups is 3. The molecule has 1 amide bonds. The summed E-state index contributed by atoms with van der Waals surface area (Å²) < 4.78 is 10.5. The summed E-state index contributed by atoms with van der Waals surface area (Å²) in [5, 5.41) is 13.3. The molecule has 1 N–H and O–H groups in total. The van der Waals surface area contributed by atoms with E-state index in [-0.39, 0.29) is 11.3 Å². The van der Waals surface area contributed by atoms with E-state index >= 15 is 0 Å². The first-order chi connectivity index (χ1) is 17.9. The Morgan fingerprint density at radius 2 is 1.57 bits per heavy atom. The molecule has 0 aliphatic carbocycles. The minimum absolute atomic E-state index is 0.0386. The first-order valence-corrected chi connectivity index (χ1v) is 11.6. The average Bonchev–Trinajstić information content (AvgIpc) is 3.18. The van der Waals surface area contributed by atoms with Gasteiger partial charge in [-0.1, -0.05) is 54.6 Å². The highest BCUT2D eigenvalue weighted by Gasteiger charge is 2.47. The lowest BCUT2D eigenvalue weighted by Gasteiger charge is -2.26. The molecule has 1 heterocycles. The SMILES string of the molecule is COc1cccc(N2C(=O)C(=O)/C(=C(\O)c3ccc4ccccc4c3)C2c2ccc(OC(C)=O)cc2)c1. The molecule has 5 rings (SSSR count). The number of fused-ring (bicyclic) bond motifs is 1. The van der Waals surface area contributed by atoms with Crippen LogP contribution < -0.4 is 14.4 Å². The minimum Gasteiger partial charge on any atom is -0.507 e. The number of aliphatic hydroxyl groups excluding tert-OH is 1. The summed E-state index contributed by atoms with van der Waals surface area (Å²) in [5.74, 6) is -1.48. The number of esters is 1. The number of anilines is 1. The van der Waals surface area contributed by atoms with Crippen LogP contribution in [0, 0.1) is 0 Å². The van der Waals surface area contributed by atoms with Gasteiger partial charge < -0.3 is 14.6 Å². The number of benzene rings is 4. The number of hydrogen-bond acceptors (Lipinski definition) is 6. The van der Waals surface area contributed by atoms with Crippen molar-refractivity contribution in [2.45, 2.75) is 13.0 Å². The number of ketones is 1. The fraction of sp³-hybridized carbons (Fsp3) is 0.100. The quantitative estimate of drug-likeness (QED) is 0.132. The van der Waals surface area contributed by atoms with E-state index in [1.54, 1.807) is 60.7 Å². The Labute approximate surface area is 213 Å². The summed E-state index contributed by atoms with van der Waals surface area (Å²) in [6.45, 7) is 1.30. The summed E-state index contributed by atoms with van der Waals surface area (Å²) in [7, 11) is 1.51. The Kier molecular flexibility index (Phi) is 6.19. The molecule has 7 heteroatoms. The van der Waals surface area contributed by atoms with Gasteiger partial charge in [0.15, 0.2) is 0 Å². The van der Waals surface area contributed by atoms with Gasteiger partial charge in [-0.25, -0.2) is 0 Å². The third-order valence-electron chi connectivity index (χ3n) is 6.26. The van der Waals surface area contributed by atoms with Gasteiger partial charge in [-0.15, -0.1) is 0 Å². The fourth-order valence-corrected chi connectivity index (χ4v) is 4.55. The summed E-state index contributed by atoms with van der Waals surface area (Å²) in [5.41, 5.74) is 1.38. The summed E-state index contributed by atoms with van der Waals surface area (Å²) in [4.78, 5) is 39.5. The van der Waals surface area contributed by atoms with Crippen LogP contribution in [0.4, 0.5) is 5.69 Å². The molecular weight excluding hydrogens is 470 g/mol. The maximum Gasteiger partial charge on any atom is 0.308 e. The van der Waals surface area contributed by atoms with Gasteiger partial charge in [0.05, 0.1) is 18.7 Å². The van der Waals surface area contributed by atoms with Crippen LogP contribution in [-0.2, 0) is 14.4 Å². The molecule has 1 fully saturated rings. The predicted molar refractivity (Wildman–Crippen MR) is 139 cm³/mol. The molecule has 1 unspecified atom stereocenters. The summed E-state index contributed by atoms with van der Waals surface area (Å²) in [6, 6.07) is 25.4. The Balaban J connectivity index is 1.69. The molecular formula is C30H23NO6. The molecule has 1 aliphatic rings. The second-order valence-corrected chi connectivity index (χ2v) is 8.60. The van der Waals surface area contributed by atoms with Crippen LogP contribution in [-0.4, -0.2) is 29.9 Å². The number of amides is 1. The molecule has 1 atom stereocenters. The van der Waals surface area contributed by atoms with E-state index in [2.05, 4.69) is 0 Å². The van der Waals surface area contributed by atoms with E-state index < -0.39 is 23.7 Å². The number of ether oxygens (including phenoxy) is 2. The van der Waals surface area contributed by atoms with Crippen molar-refractivity contribution in [3.63, 3.8) is 0 Å². The topological polar surface area (TPSA) is 93.1 Å². The molecule has 4 aromatic rings. The first kappa shape index (κ1) is 23.8. The highest BCUT2D eigenvalue weighted by molar-refractivity contribution is 6.51. The van der Waals surface area contributed by atoms with Crippen LogP contribution in [0.15, 0.2) is 96.6 Å². The standard InChI is InChI=1S/C30H23NO6/c1-18(32)37-24-14-12-20(13-15-24)27-26(28(33)22-11-10-19-6-3-4-7-21(19)16-22)29(34)30(35)31(27)23-8-5-9-25(17-23)36-2/h3-17,27,33H,1-2H3/b28-26-. The van der Waals surface area contributed by atoms with E-state index in [0.29, 0.717) is 28.3 Å². The molecule has 0 saturated carbocycles. The van der Waals surface area contributed by atoms with Crippen LogP contribution in [0.3, 0.4) is 0 Å². The number of aliphatic hydroxyl groups is 1. The molecule has 37 heavy (non-hydrogen) atoms. The monoisotopic (exact) mass is 493 g/mol. The van der Waals surface area contributed by atoms with Gasteiger partial charge in [0.2, 0.25) is 0 Å². The number of rotatable bonds is 5. The van der Waals surface area contributed by atoms with Crippen LogP contribution in [0.2, 0.25) is 0 Å². The van der Waals surface area contributed by atoms with Gasteiger partial charge >= 0.3 is 5.97 Å². The van der Waals surface area contributed by atoms with E-state index in [1.165, 1.54) is 18.9 Å². The van der Waals surface area contributed by atoms with Crippen molar-refractivity contribution >= 4 is 39.9 Å². The molecule has 0 radical (unpaired) electrons. The summed E-state index contributed by atoms with van der Waals surface area (Å²) >= 11 is 0. The molecule has 0 aromatic heterocycles. The highest BCUT2D eigenvalue weighted by Crippen LogP contribution is 2.43. The van der Waals surface area contributed by atoms with Crippen molar-refractivity contribution in [1.29, 1.82) is 0 Å². The van der Waals surface area contributed by atoms with Crippen molar-refractivity contribution in [2.24, 2.45) is 0 Å². The lowest BCUT2D eigenvalue weighted by atomic mass is 9.94. The van der Waals surface area contributed by atoms with Crippen LogP contribution in [0.5, 0.6) is 11.5 Å². The van der Waals surface area contributed by atoms with Gasteiger partial charge in [-0.05, 0) is 46.7 Å². The van der Waals surface area contributed by atoms with Crippen molar-refractivity contribution in [2.75, 3.05) is 12.0 Å². The Morgan fingerprint density at radius 3 is 2.27 bits per heavy atom. The van der Waals surface area contributed by atoms with Gasteiger partial charge in [-0.2, -0.15) is 0 Å². The minimum atomic E-state index is -0.926. The van der Waals surface area contributed by atoms with Crippen LogP contribution >= 0.6 is 0 Å². The van der Waals surface area contributed by atoms with Crippen molar-refractivity contribution in [3.05, 3.63) is 108 Å². The zero-order valence-electron chi connectivity index (χ0n) is 20.2. The number of methoxy groups -OCH3 is 1. The molecule has 7 nitrogen and oxygen atoms in total. The Morgan fingerprint density at radius 1 is 0.838 bits per heavy atom. The Bertz CT molecular complexity index is 1570. The molecule has 0 bridgehead atoms. The zero-order valence-corrected chi connectivity index (χ0v) is 20.2. The van der Waals surface area contributed by atoms with Crippen LogP contribution in [0.25, 0.3) is 16.5 Å². The van der Waals surface area contributed by atoms with Gasteiger partial charge in [-0.3, -0.25) is 19.3 Å². The maximum absolute atomic E-state index is 13.4. The third-order valence-corrected chi connectivity index (χ3v) is 6.26. The second kappa shape index (κ2) is 9.62. The lowest BCUT2D eigenvalue weighted by molar-refractivity contribution is -0.132. The van der Waals surface area contributed by atoms with Gasteiger partial charge in [0.25, 0.3) is 11.7 Å². The smallest absolute Gasteiger partial charge is 0.308 e. The number of nitrogens with zero attached hydrogens (tertiary/aromatic N) is 1. The number of hydrogen-bond donors (Lipinski definition) is 1.